The fraction of sp³-hybridized carbons (Fsp3) is 0.143. The molecule has 0 spiro atoms. The molecule has 1 amide bonds. The Balaban J connectivity index is 1.65. The molecule has 9 heteroatoms. The Morgan fingerprint density at radius 3 is 2.80 bits per heavy atom. The largest absolute Gasteiger partial charge is 0.495 e. The molecule has 0 atom stereocenters. The summed E-state index contributed by atoms with van der Waals surface area (Å²) in [6, 6.07) is 11.9. The van der Waals surface area contributed by atoms with Crippen molar-refractivity contribution in [1.29, 1.82) is 0 Å². The lowest BCUT2D eigenvalue weighted by atomic mass is 10.1. The van der Waals surface area contributed by atoms with E-state index in [0.29, 0.717) is 34.3 Å². The van der Waals surface area contributed by atoms with Crippen molar-refractivity contribution in [3.8, 4) is 17.0 Å². The van der Waals surface area contributed by atoms with Crippen LogP contribution in [0.1, 0.15) is 12.5 Å². The number of nitrogens with zero attached hydrogens (tertiary/aromatic N) is 3. The molecule has 8 nitrogen and oxygen atoms in total. The van der Waals surface area contributed by atoms with E-state index in [0.717, 1.165) is 16.5 Å². The average Bonchev–Trinajstić information content (AvgIpc) is 3.15. The SMILES string of the molecule is COc1ccc(-c2cn(Cc3cc(=O)oc4cc(NC(C)=O)ccc34)nn2)cc1Cl. The van der Waals surface area contributed by atoms with Gasteiger partial charge in [0.2, 0.25) is 5.91 Å². The van der Waals surface area contributed by atoms with Gasteiger partial charge < -0.3 is 14.5 Å². The van der Waals surface area contributed by atoms with E-state index in [1.807, 2.05) is 6.07 Å². The second-order valence-corrected chi connectivity index (χ2v) is 7.04. The predicted octanol–water partition coefficient (Wildman–Crippen LogP) is 3.72. The van der Waals surface area contributed by atoms with Gasteiger partial charge in [0.1, 0.15) is 17.0 Å². The zero-order valence-electron chi connectivity index (χ0n) is 16.2. The molecule has 0 saturated heterocycles. The van der Waals surface area contributed by atoms with Crippen LogP contribution in [0.15, 0.2) is 57.9 Å². The van der Waals surface area contributed by atoms with E-state index in [1.165, 1.54) is 13.0 Å². The Labute approximate surface area is 176 Å². The van der Waals surface area contributed by atoms with Crippen molar-refractivity contribution in [2.75, 3.05) is 12.4 Å². The fourth-order valence-electron chi connectivity index (χ4n) is 3.15. The number of ether oxygens (including phenoxy) is 1. The molecule has 0 aliphatic heterocycles. The van der Waals surface area contributed by atoms with Crippen LogP contribution in [0.5, 0.6) is 5.75 Å². The first-order valence-electron chi connectivity index (χ1n) is 9.01. The molecule has 0 aliphatic rings. The predicted molar refractivity (Wildman–Crippen MR) is 113 cm³/mol. The number of hydrogen-bond donors (Lipinski definition) is 1. The standard InChI is InChI=1S/C21H17ClN4O4/c1-12(27)23-15-4-5-16-14(8-21(28)30-20(16)9-15)10-26-11-18(24-25-26)13-3-6-19(29-2)17(22)7-13/h3-9,11H,10H2,1-2H3,(H,23,27). The number of carbonyl (C=O) groups excluding carboxylic acids is 1. The van der Waals surface area contributed by atoms with Gasteiger partial charge >= 0.3 is 5.63 Å². The third kappa shape index (κ3) is 4.04. The number of anilines is 1. The molecule has 1 N–H and O–H groups in total. The molecule has 152 valence electrons. The normalized spacial score (nSPS) is 10.9. The van der Waals surface area contributed by atoms with Crippen LogP contribution < -0.4 is 15.7 Å². The third-order valence-corrected chi connectivity index (χ3v) is 4.76. The van der Waals surface area contributed by atoms with Crippen LogP contribution in [0.3, 0.4) is 0 Å². The van der Waals surface area contributed by atoms with E-state index in [4.69, 9.17) is 20.8 Å². The van der Waals surface area contributed by atoms with Gasteiger partial charge in [0.05, 0.1) is 24.9 Å². The second kappa shape index (κ2) is 8.00. The van der Waals surface area contributed by atoms with Crippen molar-refractivity contribution in [2.45, 2.75) is 13.5 Å². The van der Waals surface area contributed by atoms with Gasteiger partial charge in [0.25, 0.3) is 0 Å². The van der Waals surface area contributed by atoms with Crippen molar-refractivity contribution in [2.24, 2.45) is 0 Å². The van der Waals surface area contributed by atoms with Gasteiger partial charge in [-0.15, -0.1) is 5.10 Å². The highest BCUT2D eigenvalue weighted by molar-refractivity contribution is 6.32. The first-order valence-corrected chi connectivity index (χ1v) is 9.39. The lowest BCUT2D eigenvalue weighted by molar-refractivity contribution is -0.114. The molecular weight excluding hydrogens is 408 g/mol. The fourth-order valence-corrected chi connectivity index (χ4v) is 3.41. The highest BCUT2D eigenvalue weighted by Crippen LogP contribution is 2.29. The first-order chi connectivity index (χ1) is 14.4. The van der Waals surface area contributed by atoms with Crippen LogP contribution in [0, 0.1) is 0 Å². The molecule has 30 heavy (non-hydrogen) atoms. The van der Waals surface area contributed by atoms with Crippen molar-refractivity contribution in [1.82, 2.24) is 15.0 Å². The summed E-state index contributed by atoms with van der Waals surface area (Å²) in [7, 11) is 1.55. The molecule has 4 aromatic rings. The molecular formula is C21H17ClN4O4. The van der Waals surface area contributed by atoms with Gasteiger partial charge in [0, 0.05) is 35.7 Å². The summed E-state index contributed by atoms with van der Waals surface area (Å²) in [6.45, 7) is 1.73. The molecule has 0 saturated carbocycles. The van der Waals surface area contributed by atoms with Crippen LogP contribution in [0.2, 0.25) is 5.02 Å². The van der Waals surface area contributed by atoms with E-state index < -0.39 is 5.63 Å². The van der Waals surface area contributed by atoms with Gasteiger partial charge in [-0.1, -0.05) is 16.8 Å². The van der Waals surface area contributed by atoms with E-state index in [1.54, 1.807) is 48.3 Å². The molecule has 4 rings (SSSR count). The zero-order chi connectivity index (χ0) is 21.3. The number of methoxy groups -OCH3 is 1. The molecule has 2 heterocycles. The number of halogens is 1. The van der Waals surface area contributed by atoms with Gasteiger partial charge in [-0.05, 0) is 35.9 Å². The van der Waals surface area contributed by atoms with E-state index >= 15 is 0 Å². The minimum absolute atomic E-state index is 0.207. The minimum Gasteiger partial charge on any atom is -0.495 e. The molecule has 2 aromatic heterocycles. The highest BCUT2D eigenvalue weighted by atomic mass is 35.5. The maximum Gasteiger partial charge on any atom is 0.336 e. The summed E-state index contributed by atoms with van der Waals surface area (Å²) in [5.74, 6) is 0.371. The molecule has 0 aliphatic carbocycles. The number of hydrogen-bond acceptors (Lipinski definition) is 6. The maximum absolute atomic E-state index is 12.0. The smallest absolute Gasteiger partial charge is 0.336 e. The Morgan fingerprint density at radius 1 is 1.23 bits per heavy atom. The van der Waals surface area contributed by atoms with E-state index in [2.05, 4.69) is 15.6 Å². The van der Waals surface area contributed by atoms with Crippen molar-refractivity contribution in [3.63, 3.8) is 0 Å². The summed E-state index contributed by atoms with van der Waals surface area (Å²) in [4.78, 5) is 23.3. The molecule has 0 fully saturated rings. The molecule has 0 radical (unpaired) electrons. The Bertz CT molecular complexity index is 1310. The number of benzene rings is 2. The number of rotatable bonds is 5. The summed E-state index contributed by atoms with van der Waals surface area (Å²) in [6.07, 6.45) is 1.77. The Kier molecular flexibility index (Phi) is 5.24. The molecule has 0 unspecified atom stereocenters. The second-order valence-electron chi connectivity index (χ2n) is 6.63. The van der Waals surface area contributed by atoms with Gasteiger partial charge in [0.15, 0.2) is 0 Å². The Hall–Kier alpha value is -3.65. The third-order valence-electron chi connectivity index (χ3n) is 4.47. The van der Waals surface area contributed by atoms with E-state index in [-0.39, 0.29) is 5.91 Å². The lowest BCUT2D eigenvalue weighted by Crippen LogP contribution is -2.08. The van der Waals surface area contributed by atoms with Crippen molar-refractivity contribution in [3.05, 3.63) is 69.7 Å². The summed E-state index contributed by atoms with van der Waals surface area (Å²) in [5, 5.41) is 12.2. The van der Waals surface area contributed by atoms with Crippen molar-refractivity contribution >= 4 is 34.2 Å². The van der Waals surface area contributed by atoms with Crippen LogP contribution in [0.25, 0.3) is 22.2 Å². The van der Waals surface area contributed by atoms with Gasteiger partial charge in [-0.2, -0.15) is 0 Å². The zero-order valence-corrected chi connectivity index (χ0v) is 16.9. The van der Waals surface area contributed by atoms with Crippen molar-refractivity contribution < 1.29 is 13.9 Å². The topological polar surface area (TPSA) is 99.2 Å². The van der Waals surface area contributed by atoms with Gasteiger partial charge in [-0.3, -0.25) is 4.79 Å². The minimum atomic E-state index is -0.486. The van der Waals surface area contributed by atoms with Crippen LogP contribution >= 0.6 is 11.6 Å². The number of carbonyl (C=O) groups is 1. The summed E-state index contributed by atoms with van der Waals surface area (Å²) >= 11 is 6.19. The summed E-state index contributed by atoms with van der Waals surface area (Å²) in [5.41, 5.74) is 2.60. The number of fused-ring (bicyclic) bond motifs is 1. The van der Waals surface area contributed by atoms with Crippen LogP contribution in [-0.2, 0) is 11.3 Å². The highest BCUT2D eigenvalue weighted by Gasteiger charge is 2.11. The van der Waals surface area contributed by atoms with Crippen LogP contribution in [0.4, 0.5) is 5.69 Å². The monoisotopic (exact) mass is 424 g/mol. The lowest BCUT2D eigenvalue weighted by Gasteiger charge is -2.07. The molecule has 0 bridgehead atoms. The van der Waals surface area contributed by atoms with E-state index in [9.17, 15) is 9.59 Å². The summed E-state index contributed by atoms with van der Waals surface area (Å²) < 4.78 is 12.1. The van der Waals surface area contributed by atoms with Crippen LogP contribution in [-0.4, -0.2) is 28.0 Å². The average molecular weight is 425 g/mol. The number of amides is 1. The maximum atomic E-state index is 12.0. The quantitative estimate of drug-likeness (QED) is 0.490. The number of nitrogens with one attached hydrogen (secondary N) is 1. The first kappa shape index (κ1) is 19.7. The molecule has 2 aromatic carbocycles. The Morgan fingerprint density at radius 2 is 2.07 bits per heavy atom. The number of aromatic nitrogens is 3. The van der Waals surface area contributed by atoms with Gasteiger partial charge in [-0.25, -0.2) is 9.48 Å².